The van der Waals surface area contributed by atoms with Gasteiger partial charge >= 0.3 is 6.03 Å². The zero-order valence-electron chi connectivity index (χ0n) is 16.7. The summed E-state index contributed by atoms with van der Waals surface area (Å²) in [5, 5.41) is 6.94. The van der Waals surface area contributed by atoms with Crippen molar-refractivity contribution in [3.05, 3.63) is 60.2 Å². The van der Waals surface area contributed by atoms with Gasteiger partial charge in [-0.2, -0.15) is 4.98 Å². The largest absolute Gasteiger partial charge is 0.494 e. The van der Waals surface area contributed by atoms with Crippen molar-refractivity contribution in [2.75, 3.05) is 18.5 Å². The number of carbonyl (C=O) groups is 1. The van der Waals surface area contributed by atoms with Crippen molar-refractivity contribution < 1.29 is 18.4 Å². The molecule has 0 spiro atoms. The Bertz CT molecular complexity index is 988. The van der Waals surface area contributed by atoms with Gasteiger partial charge in [0, 0.05) is 17.8 Å². The third-order valence-corrected chi connectivity index (χ3v) is 5.01. The summed E-state index contributed by atoms with van der Waals surface area (Å²) < 4.78 is 24.1. The van der Waals surface area contributed by atoms with Crippen LogP contribution in [0.4, 0.5) is 14.9 Å². The molecule has 1 aliphatic heterocycles. The van der Waals surface area contributed by atoms with Crippen LogP contribution in [-0.2, 0) is 0 Å². The van der Waals surface area contributed by atoms with Gasteiger partial charge in [0.2, 0.25) is 11.7 Å². The second-order valence-corrected chi connectivity index (χ2v) is 7.06. The SMILES string of the molecule is CCOc1ccc(NC(=O)N2CCCC[C@@H]2c2nc(-c3ccc(F)cc3)no2)cc1. The lowest BCUT2D eigenvalue weighted by molar-refractivity contribution is 0.142. The number of rotatable bonds is 5. The number of hydrogen-bond acceptors (Lipinski definition) is 5. The van der Waals surface area contributed by atoms with Crippen molar-refractivity contribution in [2.45, 2.75) is 32.2 Å². The van der Waals surface area contributed by atoms with Gasteiger partial charge in [-0.3, -0.25) is 0 Å². The maximum absolute atomic E-state index is 13.2. The number of anilines is 1. The predicted octanol–water partition coefficient (Wildman–Crippen LogP) is 5.03. The fraction of sp³-hybridized carbons (Fsp3) is 0.318. The lowest BCUT2D eigenvalue weighted by Crippen LogP contribution is -2.41. The summed E-state index contributed by atoms with van der Waals surface area (Å²) in [6.07, 6.45) is 2.61. The fourth-order valence-corrected chi connectivity index (χ4v) is 3.51. The first kappa shape index (κ1) is 19.9. The Balaban J connectivity index is 1.48. The van der Waals surface area contributed by atoms with Crippen molar-refractivity contribution in [2.24, 2.45) is 0 Å². The maximum atomic E-state index is 13.2. The quantitative estimate of drug-likeness (QED) is 0.638. The lowest BCUT2D eigenvalue weighted by Gasteiger charge is -2.33. The van der Waals surface area contributed by atoms with Crippen LogP contribution in [0, 0.1) is 5.82 Å². The third-order valence-electron chi connectivity index (χ3n) is 5.01. The van der Waals surface area contributed by atoms with Crippen molar-refractivity contribution in [3.8, 4) is 17.1 Å². The van der Waals surface area contributed by atoms with Gasteiger partial charge in [-0.25, -0.2) is 9.18 Å². The zero-order valence-corrected chi connectivity index (χ0v) is 16.7. The van der Waals surface area contributed by atoms with Gasteiger partial charge in [0.15, 0.2) is 0 Å². The Kier molecular flexibility index (Phi) is 5.92. The number of nitrogens with one attached hydrogen (secondary N) is 1. The molecule has 30 heavy (non-hydrogen) atoms. The molecule has 7 nitrogen and oxygen atoms in total. The highest BCUT2D eigenvalue weighted by Crippen LogP contribution is 2.32. The molecule has 2 heterocycles. The molecule has 1 saturated heterocycles. The van der Waals surface area contributed by atoms with Gasteiger partial charge in [-0.05, 0) is 74.7 Å². The summed E-state index contributed by atoms with van der Waals surface area (Å²) in [6.45, 7) is 3.11. The fourth-order valence-electron chi connectivity index (χ4n) is 3.51. The van der Waals surface area contributed by atoms with E-state index in [1.54, 1.807) is 29.2 Å². The molecule has 8 heteroatoms. The number of benzene rings is 2. The molecule has 0 bridgehead atoms. The average molecular weight is 410 g/mol. The number of carbonyl (C=O) groups excluding carboxylic acids is 1. The number of halogens is 1. The Hall–Kier alpha value is -3.42. The molecule has 4 rings (SSSR count). The van der Waals surface area contributed by atoms with E-state index in [1.807, 2.05) is 19.1 Å². The van der Waals surface area contributed by atoms with Crippen molar-refractivity contribution in [1.82, 2.24) is 15.0 Å². The zero-order chi connectivity index (χ0) is 20.9. The highest BCUT2D eigenvalue weighted by atomic mass is 19.1. The molecule has 1 aromatic heterocycles. The second kappa shape index (κ2) is 8.94. The lowest BCUT2D eigenvalue weighted by atomic mass is 10.0. The molecule has 1 aliphatic rings. The van der Waals surface area contributed by atoms with E-state index >= 15 is 0 Å². The minimum Gasteiger partial charge on any atom is -0.494 e. The van der Waals surface area contributed by atoms with E-state index in [-0.39, 0.29) is 17.9 Å². The van der Waals surface area contributed by atoms with Crippen molar-refractivity contribution in [1.29, 1.82) is 0 Å². The van der Waals surface area contributed by atoms with E-state index in [0.717, 1.165) is 25.0 Å². The molecule has 3 aromatic rings. The molecular weight excluding hydrogens is 387 g/mol. The van der Waals surface area contributed by atoms with Crippen LogP contribution in [-0.4, -0.2) is 34.2 Å². The van der Waals surface area contributed by atoms with E-state index in [1.165, 1.54) is 12.1 Å². The van der Waals surface area contributed by atoms with E-state index in [9.17, 15) is 9.18 Å². The minimum absolute atomic E-state index is 0.217. The first-order chi connectivity index (χ1) is 14.6. The Labute approximate surface area is 173 Å². The van der Waals surface area contributed by atoms with E-state index < -0.39 is 0 Å². The minimum atomic E-state index is -0.327. The summed E-state index contributed by atoms with van der Waals surface area (Å²) in [5.74, 6) is 1.19. The molecular formula is C22H23FN4O3. The van der Waals surface area contributed by atoms with Gasteiger partial charge in [0.05, 0.1) is 6.61 Å². The smallest absolute Gasteiger partial charge is 0.322 e. The third kappa shape index (κ3) is 4.42. The second-order valence-electron chi connectivity index (χ2n) is 7.06. The van der Waals surface area contributed by atoms with Gasteiger partial charge in [0.25, 0.3) is 0 Å². The van der Waals surface area contributed by atoms with Gasteiger partial charge in [-0.1, -0.05) is 5.16 Å². The number of hydrogen-bond donors (Lipinski definition) is 1. The normalized spacial score (nSPS) is 16.3. The number of amides is 2. The summed E-state index contributed by atoms with van der Waals surface area (Å²) in [5.41, 5.74) is 1.35. The molecule has 1 N–H and O–H groups in total. The summed E-state index contributed by atoms with van der Waals surface area (Å²) in [4.78, 5) is 19.1. The molecule has 2 amide bonds. The monoisotopic (exact) mass is 410 g/mol. The molecule has 156 valence electrons. The topological polar surface area (TPSA) is 80.5 Å². The first-order valence-corrected chi connectivity index (χ1v) is 10.0. The van der Waals surface area contributed by atoms with Crippen molar-refractivity contribution in [3.63, 3.8) is 0 Å². The van der Waals surface area contributed by atoms with E-state index in [2.05, 4.69) is 15.5 Å². The molecule has 0 aliphatic carbocycles. The van der Waals surface area contributed by atoms with Crippen molar-refractivity contribution >= 4 is 11.7 Å². The van der Waals surface area contributed by atoms with Gasteiger partial charge in [-0.15, -0.1) is 0 Å². The van der Waals surface area contributed by atoms with Crippen LogP contribution >= 0.6 is 0 Å². The predicted molar refractivity (Wildman–Crippen MR) is 110 cm³/mol. The number of piperidine rings is 1. The summed E-state index contributed by atoms with van der Waals surface area (Å²) >= 11 is 0. The van der Waals surface area contributed by atoms with Crippen LogP contribution in [0.2, 0.25) is 0 Å². The Morgan fingerprint density at radius 2 is 1.97 bits per heavy atom. The molecule has 2 aromatic carbocycles. The van der Waals surface area contributed by atoms with Gasteiger partial charge < -0.3 is 19.5 Å². The standard InChI is InChI=1S/C22H23FN4O3/c1-2-29-18-12-10-17(11-13-18)24-22(28)27-14-4-3-5-19(27)21-25-20(26-30-21)15-6-8-16(23)9-7-15/h6-13,19H,2-5,14H2,1H3,(H,24,28)/t19-/m1/s1. The Morgan fingerprint density at radius 1 is 1.20 bits per heavy atom. The van der Waals surface area contributed by atoms with Crippen LogP contribution in [0.15, 0.2) is 53.1 Å². The maximum Gasteiger partial charge on any atom is 0.322 e. The van der Waals surface area contributed by atoms with Crippen LogP contribution < -0.4 is 10.1 Å². The Morgan fingerprint density at radius 3 is 2.70 bits per heavy atom. The highest BCUT2D eigenvalue weighted by molar-refractivity contribution is 5.89. The number of likely N-dealkylation sites (tertiary alicyclic amines) is 1. The highest BCUT2D eigenvalue weighted by Gasteiger charge is 2.32. The van der Waals surface area contributed by atoms with Crippen LogP contribution in [0.25, 0.3) is 11.4 Å². The van der Waals surface area contributed by atoms with Gasteiger partial charge in [0.1, 0.15) is 17.6 Å². The number of ether oxygens (including phenoxy) is 1. The van der Waals surface area contributed by atoms with E-state index in [0.29, 0.717) is 36.1 Å². The first-order valence-electron chi connectivity index (χ1n) is 10.0. The summed E-state index contributed by atoms with van der Waals surface area (Å²) in [6, 6.07) is 12.6. The average Bonchev–Trinajstić information content (AvgIpc) is 3.26. The van der Waals surface area contributed by atoms with Crippen LogP contribution in [0.3, 0.4) is 0 Å². The number of nitrogens with zero attached hydrogens (tertiary/aromatic N) is 3. The number of urea groups is 1. The molecule has 1 atom stereocenters. The number of aromatic nitrogens is 2. The van der Waals surface area contributed by atoms with Crippen LogP contribution in [0.1, 0.15) is 38.1 Å². The van der Waals surface area contributed by atoms with Crippen LogP contribution in [0.5, 0.6) is 5.75 Å². The molecule has 0 saturated carbocycles. The van der Waals surface area contributed by atoms with E-state index in [4.69, 9.17) is 9.26 Å². The molecule has 1 fully saturated rings. The molecule has 0 unspecified atom stereocenters. The summed E-state index contributed by atoms with van der Waals surface area (Å²) in [7, 11) is 0. The molecule has 0 radical (unpaired) electrons.